The van der Waals surface area contributed by atoms with Crippen LogP contribution in [0.5, 0.6) is 0 Å². The summed E-state index contributed by atoms with van der Waals surface area (Å²) in [6.45, 7) is 1.84. The van der Waals surface area contributed by atoms with Gasteiger partial charge < -0.3 is 10.3 Å². The maximum absolute atomic E-state index is 12.7. The Morgan fingerprint density at radius 3 is 2.57 bits per heavy atom. The Morgan fingerprint density at radius 2 is 1.82 bits per heavy atom. The minimum atomic E-state index is -3.87. The summed E-state index contributed by atoms with van der Waals surface area (Å²) < 4.78 is 23.6. The van der Waals surface area contributed by atoms with Crippen molar-refractivity contribution in [3.05, 3.63) is 71.9 Å². The number of sulfonamides is 1. The highest BCUT2D eigenvalue weighted by Crippen LogP contribution is 2.26. The zero-order valence-electron chi connectivity index (χ0n) is 15.2. The van der Waals surface area contributed by atoms with Gasteiger partial charge in [-0.2, -0.15) is 0 Å². The number of fused-ring (bicyclic) bond motifs is 3. The molecule has 0 aliphatic heterocycles. The molecule has 0 aliphatic rings. The topological polar surface area (TPSA) is 105 Å². The van der Waals surface area contributed by atoms with Crippen LogP contribution >= 0.6 is 0 Å². The standard InChI is InChI=1S/C21H19N3O3S/c1-2-13-7-9-15(11-20(13)28(22,26)27)23-21(25)19-12-17-16-6-4-3-5-14(16)8-10-18(17)24-19/h3-12,24H,2H2,1H3,(H,23,25)(H2,22,26,27). The van der Waals surface area contributed by atoms with E-state index in [0.717, 1.165) is 21.7 Å². The molecule has 0 bridgehead atoms. The van der Waals surface area contributed by atoms with Gasteiger partial charge in [0.25, 0.3) is 5.91 Å². The lowest BCUT2D eigenvalue weighted by Gasteiger charge is -2.09. The molecule has 0 radical (unpaired) electrons. The predicted molar refractivity (Wildman–Crippen MR) is 111 cm³/mol. The number of H-pyrrole nitrogens is 1. The first-order valence-corrected chi connectivity index (χ1v) is 10.4. The number of primary sulfonamides is 1. The van der Waals surface area contributed by atoms with Gasteiger partial charge in [0.2, 0.25) is 10.0 Å². The molecule has 142 valence electrons. The molecule has 28 heavy (non-hydrogen) atoms. The number of nitrogens with one attached hydrogen (secondary N) is 2. The van der Waals surface area contributed by atoms with Crippen molar-refractivity contribution in [2.24, 2.45) is 5.14 Å². The molecule has 0 saturated carbocycles. The zero-order chi connectivity index (χ0) is 19.9. The largest absolute Gasteiger partial charge is 0.351 e. The number of benzene rings is 3. The number of amides is 1. The highest BCUT2D eigenvalue weighted by Gasteiger charge is 2.16. The Bertz CT molecular complexity index is 1320. The van der Waals surface area contributed by atoms with Crippen LogP contribution in [-0.4, -0.2) is 19.3 Å². The van der Waals surface area contributed by atoms with Gasteiger partial charge in [0.05, 0.1) is 4.90 Å². The van der Waals surface area contributed by atoms with Crippen LogP contribution in [0.4, 0.5) is 5.69 Å². The Hall–Kier alpha value is -3.16. The van der Waals surface area contributed by atoms with Crippen LogP contribution in [0.1, 0.15) is 23.0 Å². The van der Waals surface area contributed by atoms with E-state index in [1.807, 2.05) is 43.3 Å². The molecule has 0 aliphatic carbocycles. The molecule has 1 heterocycles. The average Bonchev–Trinajstić information content (AvgIpc) is 3.12. The third-order valence-corrected chi connectivity index (χ3v) is 5.78. The van der Waals surface area contributed by atoms with E-state index in [-0.39, 0.29) is 10.8 Å². The van der Waals surface area contributed by atoms with Crippen LogP contribution in [0.3, 0.4) is 0 Å². The second kappa shape index (κ2) is 6.78. The van der Waals surface area contributed by atoms with E-state index < -0.39 is 10.0 Å². The van der Waals surface area contributed by atoms with Crippen LogP contribution in [0.15, 0.2) is 65.6 Å². The van der Waals surface area contributed by atoms with Gasteiger partial charge >= 0.3 is 0 Å². The summed E-state index contributed by atoms with van der Waals surface area (Å²) in [6, 6.07) is 18.4. The highest BCUT2D eigenvalue weighted by atomic mass is 32.2. The van der Waals surface area contributed by atoms with Gasteiger partial charge in [-0.05, 0) is 47.0 Å². The van der Waals surface area contributed by atoms with Crippen molar-refractivity contribution >= 4 is 43.3 Å². The number of carbonyl (C=O) groups is 1. The van der Waals surface area contributed by atoms with E-state index in [9.17, 15) is 13.2 Å². The molecule has 1 amide bonds. The van der Waals surface area contributed by atoms with Crippen molar-refractivity contribution in [1.82, 2.24) is 4.98 Å². The summed E-state index contributed by atoms with van der Waals surface area (Å²) in [5.74, 6) is -0.357. The molecule has 6 nitrogen and oxygen atoms in total. The Kier molecular flexibility index (Phi) is 4.41. The van der Waals surface area contributed by atoms with Crippen LogP contribution < -0.4 is 10.5 Å². The Labute approximate surface area is 162 Å². The minimum absolute atomic E-state index is 0.0236. The number of hydrogen-bond donors (Lipinski definition) is 3. The first kappa shape index (κ1) is 18.2. The van der Waals surface area contributed by atoms with Crippen molar-refractivity contribution in [3.8, 4) is 0 Å². The molecule has 0 atom stereocenters. The number of aromatic nitrogens is 1. The number of hydrogen-bond acceptors (Lipinski definition) is 3. The fraction of sp³-hybridized carbons (Fsp3) is 0.0952. The van der Waals surface area contributed by atoms with Crippen molar-refractivity contribution in [1.29, 1.82) is 0 Å². The van der Waals surface area contributed by atoms with Crippen molar-refractivity contribution in [2.45, 2.75) is 18.2 Å². The van der Waals surface area contributed by atoms with E-state index in [2.05, 4.69) is 10.3 Å². The maximum Gasteiger partial charge on any atom is 0.272 e. The van der Waals surface area contributed by atoms with E-state index in [0.29, 0.717) is 23.4 Å². The third-order valence-electron chi connectivity index (χ3n) is 4.79. The number of carbonyl (C=O) groups excluding carboxylic acids is 1. The highest BCUT2D eigenvalue weighted by molar-refractivity contribution is 7.89. The monoisotopic (exact) mass is 393 g/mol. The lowest BCUT2D eigenvalue weighted by molar-refractivity contribution is 0.102. The molecule has 4 N–H and O–H groups in total. The number of aryl methyl sites for hydroxylation is 1. The SMILES string of the molecule is CCc1ccc(NC(=O)c2cc3c(ccc4ccccc43)[nH]2)cc1S(N)(=O)=O. The summed E-state index contributed by atoms with van der Waals surface area (Å²) in [7, 11) is -3.87. The second-order valence-electron chi connectivity index (χ2n) is 6.61. The molecule has 3 aromatic carbocycles. The maximum atomic E-state index is 12.7. The van der Waals surface area contributed by atoms with E-state index in [1.54, 1.807) is 18.2 Å². The predicted octanol–water partition coefficient (Wildman–Crippen LogP) is 3.78. The number of rotatable bonds is 4. The minimum Gasteiger partial charge on any atom is -0.351 e. The van der Waals surface area contributed by atoms with Gasteiger partial charge in [-0.15, -0.1) is 0 Å². The molecular weight excluding hydrogens is 374 g/mol. The molecule has 4 aromatic rings. The smallest absolute Gasteiger partial charge is 0.272 e. The van der Waals surface area contributed by atoms with Crippen molar-refractivity contribution < 1.29 is 13.2 Å². The average molecular weight is 393 g/mol. The fourth-order valence-corrected chi connectivity index (χ4v) is 4.26. The van der Waals surface area contributed by atoms with Crippen LogP contribution in [0.25, 0.3) is 21.7 Å². The molecule has 4 rings (SSSR count). The summed E-state index contributed by atoms with van der Waals surface area (Å²) in [5.41, 5.74) is 2.23. The molecule has 0 spiro atoms. The Balaban J connectivity index is 1.70. The van der Waals surface area contributed by atoms with Crippen LogP contribution in [0.2, 0.25) is 0 Å². The van der Waals surface area contributed by atoms with E-state index >= 15 is 0 Å². The third kappa shape index (κ3) is 3.26. The van der Waals surface area contributed by atoms with Gasteiger partial charge in [0.15, 0.2) is 0 Å². The first-order chi connectivity index (χ1) is 13.4. The van der Waals surface area contributed by atoms with Crippen molar-refractivity contribution in [2.75, 3.05) is 5.32 Å². The lowest BCUT2D eigenvalue weighted by Crippen LogP contribution is -2.16. The Morgan fingerprint density at radius 1 is 1.04 bits per heavy atom. The normalized spacial score (nSPS) is 11.8. The van der Waals surface area contributed by atoms with Gasteiger partial charge in [-0.25, -0.2) is 13.6 Å². The number of nitrogens with two attached hydrogens (primary N) is 1. The van der Waals surface area contributed by atoms with Gasteiger partial charge in [-0.1, -0.05) is 43.3 Å². The van der Waals surface area contributed by atoms with E-state index in [1.165, 1.54) is 6.07 Å². The summed E-state index contributed by atoms with van der Waals surface area (Å²) in [5, 5.41) is 11.1. The van der Waals surface area contributed by atoms with E-state index in [4.69, 9.17) is 5.14 Å². The summed E-state index contributed by atoms with van der Waals surface area (Å²) in [6.07, 6.45) is 0.523. The van der Waals surface area contributed by atoms with Crippen LogP contribution in [-0.2, 0) is 16.4 Å². The lowest BCUT2D eigenvalue weighted by atomic mass is 10.1. The molecule has 7 heteroatoms. The number of aromatic amines is 1. The molecule has 0 unspecified atom stereocenters. The van der Waals surface area contributed by atoms with Crippen LogP contribution in [0, 0.1) is 0 Å². The first-order valence-electron chi connectivity index (χ1n) is 8.84. The summed E-state index contributed by atoms with van der Waals surface area (Å²) in [4.78, 5) is 15.9. The number of anilines is 1. The zero-order valence-corrected chi connectivity index (χ0v) is 16.0. The molecule has 0 fully saturated rings. The summed E-state index contributed by atoms with van der Waals surface area (Å²) >= 11 is 0. The van der Waals surface area contributed by atoms with Crippen molar-refractivity contribution in [3.63, 3.8) is 0 Å². The quantitative estimate of drug-likeness (QED) is 0.491. The van der Waals surface area contributed by atoms with Gasteiger partial charge in [0, 0.05) is 16.6 Å². The second-order valence-corrected chi connectivity index (χ2v) is 8.14. The van der Waals surface area contributed by atoms with Gasteiger partial charge in [-0.3, -0.25) is 4.79 Å². The molecule has 1 aromatic heterocycles. The fourth-order valence-electron chi connectivity index (χ4n) is 3.40. The molecular formula is C21H19N3O3S. The van der Waals surface area contributed by atoms with Gasteiger partial charge in [0.1, 0.15) is 5.69 Å². The molecule has 0 saturated heterocycles.